The van der Waals surface area contributed by atoms with Crippen molar-refractivity contribution in [2.45, 2.75) is 6.42 Å². The summed E-state index contributed by atoms with van der Waals surface area (Å²) < 4.78 is 5.13. The Kier molecular flexibility index (Phi) is 5.03. The van der Waals surface area contributed by atoms with Gasteiger partial charge in [0.05, 0.1) is 12.3 Å². The van der Waals surface area contributed by atoms with E-state index in [0.717, 1.165) is 17.8 Å². The number of hydrogen-bond acceptors (Lipinski definition) is 4. The molecule has 20 heavy (non-hydrogen) atoms. The van der Waals surface area contributed by atoms with Crippen molar-refractivity contribution in [1.29, 1.82) is 0 Å². The lowest BCUT2D eigenvalue weighted by Gasteiger charge is -2.12. The highest BCUT2D eigenvalue weighted by atomic mass is 32.1. The van der Waals surface area contributed by atoms with Crippen molar-refractivity contribution in [3.63, 3.8) is 0 Å². The number of aromatic nitrogens is 1. The average Bonchev–Trinajstić information content (AvgIpc) is 2.46. The van der Waals surface area contributed by atoms with Crippen molar-refractivity contribution in [3.05, 3.63) is 53.9 Å². The van der Waals surface area contributed by atoms with Gasteiger partial charge in [-0.25, -0.2) is 0 Å². The number of hydrogen-bond donors (Lipinski definition) is 2. The van der Waals surface area contributed by atoms with Crippen molar-refractivity contribution in [3.8, 4) is 0 Å². The Balaban J connectivity index is 2.21. The summed E-state index contributed by atoms with van der Waals surface area (Å²) in [5, 5.41) is 3.37. The number of methoxy groups -OCH3 is 1. The van der Waals surface area contributed by atoms with E-state index in [1.807, 2.05) is 30.3 Å². The van der Waals surface area contributed by atoms with E-state index < -0.39 is 0 Å². The van der Waals surface area contributed by atoms with Crippen molar-refractivity contribution < 1.29 is 4.74 Å². The Morgan fingerprint density at radius 3 is 2.90 bits per heavy atom. The van der Waals surface area contributed by atoms with Crippen LogP contribution in [0, 0.1) is 0 Å². The van der Waals surface area contributed by atoms with Crippen molar-refractivity contribution >= 4 is 28.6 Å². The van der Waals surface area contributed by atoms with E-state index in [1.54, 1.807) is 13.3 Å². The zero-order chi connectivity index (χ0) is 14.4. The standard InChI is InChI=1S/C15H17N3OS/c1-19-9-7-11-4-2-3-5-13(11)18-12-6-8-17-14(10-12)15(16)20/h2-6,8,10H,7,9H2,1H3,(H2,16,20)(H,17,18). The Morgan fingerprint density at radius 2 is 2.15 bits per heavy atom. The van der Waals surface area contributed by atoms with Crippen LogP contribution >= 0.6 is 12.2 Å². The lowest BCUT2D eigenvalue weighted by Crippen LogP contribution is -2.11. The van der Waals surface area contributed by atoms with E-state index in [4.69, 9.17) is 22.7 Å². The SMILES string of the molecule is COCCc1ccccc1Nc1ccnc(C(N)=S)c1. The first-order valence-corrected chi connectivity index (χ1v) is 6.71. The third-order valence-electron chi connectivity index (χ3n) is 2.88. The van der Waals surface area contributed by atoms with Crippen LogP contribution in [-0.4, -0.2) is 23.7 Å². The number of rotatable bonds is 6. The van der Waals surface area contributed by atoms with Gasteiger partial charge in [-0.2, -0.15) is 0 Å². The van der Waals surface area contributed by atoms with Gasteiger partial charge in [0.25, 0.3) is 0 Å². The maximum absolute atomic E-state index is 5.60. The average molecular weight is 287 g/mol. The number of ether oxygens (including phenoxy) is 1. The lowest BCUT2D eigenvalue weighted by atomic mass is 10.1. The zero-order valence-corrected chi connectivity index (χ0v) is 12.1. The predicted octanol–water partition coefficient (Wildman–Crippen LogP) is 2.65. The molecule has 0 radical (unpaired) electrons. The molecule has 0 spiro atoms. The minimum atomic E-state index is 0.293. The Bertz CT molecular complexity index is 601. The van der Waals surface area contributed by atoms with Crippen molar-refractivity contribution in [1.82, 2.24) is 4.98 Å². The maximum Gasteiger partial charge on any atom is 0.122 e. The molecule has 2 aromatic rings. The normalized spacial score (nSPS) is 10.2. The molecule has 5 heteroatoms. The van der Waals surface area contributed by atoms with Crippen molar-refractivity contribution in [2.75, 3.05) is 19.0 Å². The lowest BCUT2D eigenvalue weighted by molar-refractivity contribution is 0.202. The fraction of sp³-hybridized carbons (Fsp3) is 0.200. The number of para-hydroxylation sites is 1. The highest BCUT2D eigenvalue weighted by Gasteiger charge is 2.04. The number of benzene rings is 1. The molecule has 1 heterocycles. The molecule has 3 N–H and O–H groups in total. The van der Waals surface area contributed by atoms with Gasteiger partial charge in [-0.1, -0.05) is 30.4 Å². The second kappa shape index (κ2) is 6.98. The van der Waals surface area contributed by atoms with Gasteiger partial charge in [-0.3, -0.25) is 4.98 Å². The molecule has 0 fully saturated rings. The van der Waals surface area contributed by atoms with Crippen LogP contribution in [0.2, 0.25) is 0 Å². The Labute approximate surface area is 124 Å². The predicted molar refractivity (Wildman–Crippen MR) is 85.4 cm³/mol. The van der Waals surface area contributed by atoms with E-state index >= 15 is 0 Å². The minimum absolute atomic E-state index is 0.293. The fourth-order valence-corrected chi connectivity index (χ4v) is 1.98. The number of nitrogens with two attached hydrogens (primary N) is 1. The van der Waals surface area contributed by atoms with Gasteiger partial charge >= 0.3 is 0 Å². The molecule has 0 amide bonds. The molecule has 2 rings (SSSR count). The van der Waals surface area contributed by atoms with E-state index in [9.17, 15) is 0 Å². The van der Waals surface area contributed by atoms with Crippen molar-refractivity contribution in [2.24, 2.45) is 5.73 Å². The maximum atomic E-state index is 5.60. The first-order chi connectivity index (χ1) is 9.70. The van der Waals surface area contributed by atoms with Crippen LogP contribution in [0.3, 0.4) is 0 Å². The summed E-state index contributed by atoms with van der Waals surface area (Å²) in [7, 11) is 1.70. The van der Waals surface area contributed by atoms with Gasteiger partial charge in [0.1, 0.15) is 4.99 Å². The number of nitrogens with zero attached hydrogens (tertiary/aromatic N) is 1. The Hall–Kier alpha value is -1.98. The van der Waals surface area contributed by atoms with Crippen LogP contribution in [0.4, 0.5) is 11.4 Å². The molecular weight excluding hydrogens is 270 g/mol. The second-order valence-electron chi connectivity index (χ2n) is 4.32. The molecule has 0 bridgehead atoms. The van der Waals surface area contributed by atoms with Crippen LogP contribution < -0.4 is 11.1 Å². The quantitative estimate of drug-likeness (QED) is 0.800. The summed E-state index contributed by atoms with van der Waals surface area (Å²) in [6, 6.07) is 11.9. The van der Waals surface area contributed by atoms with Gasteiger partial charge in [-0.15, -0.1) is 0 Å². The molecule has 4 nitrogen and oxygen atoms in total. The summed E-state index contributed by atoms with van der Waals surface area (Å²) in [6.07, 6.45) is 2.54. The second-order valence-corrected chi connectivity index (χ2v) is 4.76. The van der Waals surface area contributed by atoms with Crippen LogP contribution in [0.15, 0.2) is 42.6 Å². The molecule has 0 aliphatic carbocycles. The van der Waals surface area contributed by atoms with E-state index in [1.165, 1.54) is 5.56 Å². The number of nitrogens with one attached hydrogen (secondary N) is 1. The number of pyridine rings is 1. The smallest absolute Gasteiger partial charge is 0.122 e. The summed E-state index contributed by atoms with van der Waals surface area (Å²) >= 11 is 4.94. The van der Waals surface area contributed by atoms with Crippen LogP contribution in [0.1, 0.15) is 11.3 Å². The summed E-state index contributed by atoms with van der Waals surface area (Å²) in [5.74, 6) is 0. The summed E-state index contributed by atoms with van der Waals surface area (Å²) in [5.41, 5.74) is 9.36. The molecule has 1 aromatic heterocycles. The number of anilines is 2. The first-order valence-electron chi connectivity index (χ1n) is 6.30. The van der Waals surface area contributed by atoms with Gasteiger partial charge in [0.2, 0.25) is 0 Å². The van der Waals surface area contributed by atoms with Gasteiger partial charge < -0.3 is 15.8 Å². The molecular formula is C15H17N3OS. The van der Waals surface area contributed by atoms with Gasteiger partial charge in [-0.05, 0) is 30.2 Å². The summed E-state index contributed by atoms with van der Waals surface area (Å²) in [4.78, 5) is 4.42. The monoisotopic (exact) mass is 287 g/mol. The molecule has 0 unspecified atom stereocenters. The highest BCUT2D eigenvalue weighted by Crippen LogP contribution is 2.21. The molecule has 104 valence electrons. The van der Waals surface area contributed by atoms with Crippen LogP contribution in [0.5, 0.6) is 0 Å². The third-order valence-corrected chi connectivity index (χ3v) is 3.09. The molecule has 0 saturated heterocycles. The minimum Gasteiger partial charge on any atom is -0.388 e. The Morgan fingerprint density at radius 1 is 1.35 bits per heavy atom. The molecule has 0 aliphatic heterocycles. The van der Waals surface area contributed by atoms with Gasteiger partial charge in [0, 0.05) is 24.7 Å². The van der Waals surface area contributed by atoms with E-state index in [-0.39, 0.29) is 0 Å². The largest absolute Gasteiger partial charge is 0.388 e. The van der Waals surface area contributed by atoms with E-state index in [0.29, 0.717) is 17.3 Å². The third kappa shape index (κ3) is 3.76. The molecule has 1 aromatic carbocycles. The first kappa shape index (κ1) is 14.4. The molecule has 0 saturated carbocycles. The van der Waals surface area contributed by atoms with Gasteiger partial charge in [0.15, 0.2) is 0 Å². The highest BCUT2D eigenvalue weighted by molar-refractivity contribution is 7.80. The molecule has 0 atom stereocenters. The van der Waals surface area contributed by atoms with Crippen LogP contribution in [0.25, 0.3) is 0 Å². The fourth-order valence-electron chi connectivity index (χ4n) is 1.87. The topological polar surface area (TPSA) is 60.2 Å². The number of thiocarbonyl (C=S) groups is 1. The van der Waals surface area contributed by atoms with Crippen LogP contribution in [-0.2, 0) is 11.2 Å². The molecule has 0 aliphatic rings. The zero-order valence-electron chi connectivity index (χ0n) is 11.3. The summed E-state index contributed by atoms with van der Waals surface area (Å²) in [6.45, 7) is 0.688. The van der Waals surface area contributed by atoms with E-state index in [2.05, 4.69) is 16.4 Å².